The van der Waals surface area contributed by atoms with Crippen molar-refractivity contribution in [2.24, 2.45) is 0 Å². The van der Waals surface area contributed by atoms with Crippen molar-refractivity contribution >= 4 is 11.7 Å². The zero-order valence-electron chi connectivity index (χ0n) is 15.1. The first-order valence-electron chi connectivity index (χ1n) is 9.00. The van der Waals surface area contributed by atoms with Crippen molar-refractivity contribution in [1.29, 1.82) is 0 Å². The maximum Gasteiger partial charge on any atom is 0.416 e. The fourth-order valence-electron chi connectivity index (χ4n) is 3.43. The number of hydrogen-bond acceptors (Lipinski definition) is 2. The van der Waals surface area contributed by atoms with Crippen molar-refractivity contribution in [3.05, 3.63) is 29.8 Å². The van der Waals surface area contributed by atoms with Crippen LogP contribution >= 0.6 is 0 Å². The van der Waals surface area contributed by atoms with Gasteiger partial charge >= 0.3 is 12.2 Å². The summed E-state index contributed by atoms with van der Waals surface area (Å²) in [5.74, 6) is 0. The summed E-state index contributed by atoms with van der Waals surface area (Å²) in [7, 11) is 0. The van der Waals surface area contributed by atoms with Gasteiger partial charge in [0.15, 0.2) is 0 Å². The number of nitrogens with zero attached hydrogens (tertiary/aromatic N) is 2. The lowest BCUT2D eigenvalue weighted by Crippen LogP contribution is -2.63. The summed E-state index contributed by atoms with van der Waals surface area (Å²) in [4.78, 5) is 13.7. The molecule has 8 heteroatoms. The molecule has 0 unspecified atom stereocenters. The predicted molar refractivity (Wildman–Crippen MR) is 94.8 cm³/mol. The number of alkyl halides is 3. The molecule has 1 aliphatic rings. The number of rotatable bonds is 6. The number of benzene rings is 1. The van der Waals surface area contributed by atoms with Crippen LogP contribution < -0.4 is 9.80 Å². The zero-order valence-corrected chi connectivity index (χ0v) is 15.1. The van der Waals surface area contributed by atoms with Crippen molar-refractivity contribution in [1.82, 2.24) is 14.7 Å². The first kappa shape index (κ1) is 20.5. The number of urea groups is 1. The lowest BCUT2D eigenvalue weighted by molar-refractivity contribution is -0.137. The van der Waals surface area contributed by atoms with Gasteiger partial charge in [0.1, 0.15) is 18.8 Å². The topological polar surface area (TPSA) is 52.6 Å². The molecule has 26 heavy (non-hydrogen) atoms. The molecule has 1 aromatic carbocycles. The second-order valence-corrected chi connectivity index (χ2v) is 6.62. The van der Waals surface area contributed by atoms with E-state index in [1.165, 1.54) is 12.1 Å². The number of carbonyl (C=O) groups excluding carboxylic acids is 1. The Hall–Kier alpha value is -1.80. The fourth-order valence-corrected chi connectivity index (χ4v) is 3.43. The van der Waals surface area contributed by atoms with Gasteiger partial charge in [0.25, 0.3) is 0 Å². The maximum atomic E-state index is 13.1. The Balaban J connectivity index is 2.23. The van der Waals surface area contributed by atoms with E-state index < -0.39 is 11.7 Å². The van der Waals surface area contributed by atoms with E-state index in [4.69, 9.17) is 5.11 Å². The van der Waals surface area contributed by atoms with Crippen LogP contribution in [-0.2, 0) is 6.18 Å². The number of carbonyl (C=O) groups is 1. The highest BCUT2D eigenvalue weighted by molar-refractivity contribution is 5.74. The highest BCUT2D eigenvalue weighted by atomic mass is 19.4. The highest BCUT2D eigenvalue weighted by Crippen LogP contribution is 2.34. The number of amides is 2. The van der Waals surface area contributed by atoms with E-state index in [0.29, 0.717) is 62.3 Å². The molecule has 1 heterocycles. The molecule has 0 atom stereocenters. The summed E-state index contributed by atoms with van der Waals surface area (Å²) < 4.78 is 39.8. The van der Waals surface area contributed by atoms with Crippen LogP contribution in [-0.4, -0.2) is 61.9 Å². The predicted octanol–water partition coefficient (Wildman–Crippen LogP) is 2.83. The minimum Gasteiger partial charge on any atom is -0.396 e. The van der Waals surface area contributed by atoms with Gasteiger partial charge in [-0.3, -0.25) is 4.48 Å². The zero-order chi connectivity index (χ0) is 19.2. The molecule has 0 bridgehead atoms. The molecule has 0 aromatic heterocycles. The Kier molecular flexibility index (Phi) is 6.88. The number of aliphatic hydroxyl groups is 1. The summed E-state index contributed by atoms with van der Waals surface area (Å²) in [6.07, 6.45) is -3.05. The average Bonchev–Trinajstić information content (AvgIpc) is 2.62. The van der Waals surface area contributed by atoms with E-state index in [2.05, 4.69) is 5.32 Å². The molecular formula is C18H27F3N3O2+. The van der Waals surface area contributed by atoms with Crippen LogP contribution in [0.4, 0.5) is 23.7 Å². The van der Waals surface area contributed by atoms with Crippen molar-refractivity contribution in [2.75, 3.05) is 45.9 Å². The molecular weight excluding hydrogens is 347 g/mol. The van der Waals surface area contributed by atoms with Gasteiger partial charge in [-0.2, -0.15) is 13.2 Å². The van der Waals surface area contributed by atoms with Crippen LogP contribution in [0.5, 0.6) is 0 Å². The van der Waals surface area contributed by atoms with Gasteiger partial charge in [0.05, 0.1) is 25.2 Å². The standard InChI is InChI=1S/C18H26F3N3O2/c1-2-22-17(26)23-8-11-24(12-9-23,10-3-4-13-25)16-7-5-6-15(14-16)18(19,20)21/h5-7,14,25H,2-4,8-13H2,1H3/p+1. The number of nitrogens with one attached hydrogen (secondary N) is 1. The summed E-state index contributed by atoms with van der Waals surface area (Å²) in [6, 6.07) is 5.35. The molecule has 0 saturated carbocycles. The maximum absolute atomic E-state index is 13.1. The number of halogens is 3. The van der Waals surface area contributed by atoms with Crippen molar-refractivity contribution in [3.8, 4) is 0 Å². The number of aliphatic hydroxyl groups excluding tert-OH is 1. The minimum absolute atomic E-state index is 0.0631. The normalized spacial score (nSPS) is 17.2. The van der Waals surface area contributed by atoms with Crippen LogP contribution in [0.3, 0.4) is 0 Å². The molecule has 1 aliphatic heterocycles. The fraction of sp³-hybridized carbons (Fsp3) is 0.611. The van der Waals surface area contributed by atoms with Crippen LogP contribution in [0.15, 0.2) is 24.3 Å². The number of piperazine rings is 1. The third-order valence-electron chi connectivity index (χ3n) is 4.93. The third kappa shape index (κ3) is 4.88. The molecule has 0 aliphatic carbocycles. The van der Waals surface area contributed by atoms with Gasteiger partial charge < -0.3 is 15.3 Å². The molecule has 1 saturated heterocycles. The van der Waals surface area contributed by atoms with E-state index in [9.17, 15) is 18.0 Å². The molecule has 0 radical (unpaired) electrons. The van der Waals surface area contributed by atoms with Crippen molar-refractivity contribution in [3.63, 3.8) is 0 Å². The van der Waals surface area contributed by atoms with E-state index in [-0.39, 0.29) is 12.6 Å². The number of quaternary nitrogens is 1. The van der Waals surface area contributed by atoms with Crippen molar-refractivity contribution in [2.45, 2.75) is 25.9 Å². The van der Waals surface area contributed by atoms with E-state index >= 15 is 0 Å². The first-order valence-corrected chi connectivity index (χ1v) is 9.00. The first-order chi connectivity index (χ1) is 12.3. The second kappa shape index (κ2) is 8.73. The van der Waals surface area contributed by atoms with Crippen LogP contribution in [0.25, 0.3) is 0 Å². The minimum atomic E-state index is -4.38. The summed E-state index contributed by atoms with van der Waals surface area (Å²) in [5, 5.41) is 11.8. The Morgan fingerprint density at radius 2 is 1.96 bits per heavy atom. The molecule has 2 N–H and O–H groups in total. The Bertz CT molecular complexity index is 600. The van der Waals surface area contributed by atoms with Crippen LogP contribution in [0.1, 0.15) is 25.3 Å². The van der Waals surface area contributed by atoms with Gasteiger partial charge in [-0.05, 0) is 31.9 Å². The summed E-state index contributed by atoms with van der Waals surface area (Å²) in [6.45, 7) is 5.19. The molecule has 2 amide bonds. The second-order valence-electron chi connectivity index (χ2n) is 6.62. The Labute approximate surface area is 152 Å². The molecule has 5 nitrogen and oxygen atoms in total. The van der Waals surface area contributed by atoms with Gasteiger partial charge in [-0.25, -0.2) is 4.79 Å². The third-order valence-corrected chi connectivity index (χ3v) is 4.93. The van der Waals surface area contributed by atoms with Gasteiger partial charge in [0.2, 0.25) is 0 Å². The lowest BCUT2D eigenvalue weighted by Gasteiger charge is -2.44. The molecule has 0 spiro atoms. The van der Waals surface area contributed by atoms with Gasteiger partial charge in [-0.15, -0.1) is 0 Å². The average molecular weight is 374 g/mol. The monoisotopic (exact) mass is 374 g/mol. The van der Waals surface area contributed by atoms with Gasteiger partial charge in [0, 0.05) is 19.2 Å². The highest BCUT2D eigenvalue weighted by Gasteiger charge is 2.38. The van der Waals surface area contributed by atoms with E-state index in [1.54, 1.807) is 11.0 Å². The quantitative estimate of drug-likeness (QED) is 0.594. The van der Waals surface area contributed by atoms with Crippen LogP contribution in [0.2, 0.25) is 0 Å². The smallest absolute Gasteiger partial charge is 0.396 e. The number of hydrogen-bond donors (Lipinski definition) is 2. The molecule has 146 valence electrons. The SMILES string of the molecule is CCNC(=O)N1CC[N+](CCCCO)(c2cccc(C(F)(F)F)c2)CC1. The van der Waals surface area contributed by atoms with E-state index in [0.717, 1.165) is 6.07 Å². The lowest BCUT2D eigenvalue weighted by atomic mass is 10.1. The number of unbranched alkanes of at least 4 members (excludes halogenated alkanes) is 1. The van der Waals surface area contributed by atoms with Crippen molar-refractivity contribution < 1.29 is 23.1 Å². The summed E-state index contributed by atoms with van der Waals surface area (Å²) in [5.41, 5.74) is -0.0332. The van der Waals surface area contributed by atoms with Gasteiger partial charge in [-0.1, -0.05) is 6.07 Å². The molecule has 1 fully saturated rings. The Morgan fingerprint density at radius 3 is 2.54 bits per heavy atom. The molecule has 1 aromatic rings. The Morgan fingerprint density at radius 1 is 1.27 bits per heavy atom. The van der Waals surface area contributed by atoms with E-state index in [1.807, 2.05) is 6.92 Å². The largest absolute Gasteiger partial charge is 0.416 e. The summed E-state index contributed by atoms with van der Waals surface area (Å²) >= 11 is 0. The van der Waals surface area contributed by atoms with Crippen LogP contribution in [0, 0.1) is 0 Å². The molecule has 2 rings (SSSR count).